The van der Waals surface area contributed by atoms with Crippen LogP contribution in [-0.2, 0) is 10.5 Å². The van der Waals surface area contributed by atoms with Crippen molar-refractivity contribution in [3.63, 3.8) is 0 Å². The van der Waals surface area contributed by atoms with Crippen molar-refractivity contribution in [2.24, 2.45) is 0 Å². The number of anilines is 2. The average molecular weight is 485 g/mol. The maximum Gasteiger partial charge on any atom is 0.413 e. The molecule has 1 aromatic heterocycles. The van der Waals surface area contributed by atoms with Crippen LogP contribution in [0.4, 0.5) is 25.2 Å². The molecule has 3 N–H and O–H groups in total. The molecule has 0 saturated carbocycles. The highest BCUT2D eigenvalue weighted by Gasteiger charge is 2.52. The molecule has 3 aromatic carbocycles. The Morgan fingerprint density at radius 1 is 1.21 bits per heavy atom. The van der Waals surface area contributed by atoms with E-state index in [1.807, 2.05) is 0 Å². The second-order valence-corrected chi connectivity index (χ2v) is 7.89. The molecule has 4 aromatic rings. The topological polar surface area (TPSA) is 108 Å². The summed E-state index contributed by atoms with van der Waals surface area (Å²) in [5.74, 6) is -3.28. The zero-order valence-electron chi connectivity index (χ0n) is 17.4. The molecule has 11 heteroatoms. The first-order valence-corrected chi connectivity index (χ1v) is 10.3. The third-order valence-corrected chi connectivity index (χ3v) is 5.90. The van der Waals surface area contributed by atoms with Gasteiger partial charge in [-0.15, -0.1) is 0 Å². The highest BCUT2D eigenvalue weighted by molar-refractivity contribution is 6.34. The number of halogens is 3. The van der Waals surface area contributed by atoms with E-state index in [4.69, 9.17) is 11.6 Å². The van der Waals surface area contributed by atoms with Crippen LogP contribution in [0.3, 0.4) is 0 Å². The smallest absolute Gasteiger partial charge is 0.413 e. The van der Waals surface area contributed by atoms with E-state index < -0.39 is 35.0 Å². The Labute approximate surface area is 195 Å². The highest BCUT2D eigenvalue weighted by atomic mass is 35.5. The maximum absolute atomic E-state index is 14.9. The number of fused-ring (bicyclic) bond motifs is 2. The number of rotatable bonds is 3. The van der Waals surface area contributed by atoms with Gasteiger partial charge < -0.3 is 14.8 Å². The highest BCUT2D eigenvalue weighted by Crippen LogP contribution is 2.48. The number of hydrogen-bond donors (Lipinski definition) is 3. The van der Waals surface area contributed by atoms with Gasteiger partial charge in [-0.25, -0.2) is 18.6 Å². The van der Waals surface area contributed by atoms with E-state index in [0.29, 0.717) is 11.0 Å². The molecule has 0 fully saturated rings. The zero-order chi connectivity index (χ0) is 24.2. The maximum atomic E-state index is 14.9. The predicted molar refractivity (Wildman–Crippen MR) is 120 cm³/mol. The fraction of sp³-hybridized carbons (Fsp3) is 0.0870. The first-order chi connectivity index (χ1) is 16.3. The Balaban J connectivity index is 1.73. The van der Waals surface area contributed by atoms with Crippen molar-refractivity contribution in [2.45, 2.75) is 5.72 Å². The van der Waals surface area contributed by atoms with E-state index in [0.717, 1.165) is 17.0 Å². The molecule has 0 spiro atoms. The summed E-state index contributed by atoms with van der Waals surface area (Å²) in [7, 11) is 1.20. The molecule has 2 heterocycles. The van der Waals surface area contributed by atoms with Gasteiger partial charge in [0.15, 0.2) is 17.4 Å². The number of imidazole rings is 1. The fourth-order valence-electron chi connectivity index (χ4n) is 4.06. The number of aromatic nitrogens is 2. The molecule has 1 atom stereocenters. The number of methoxy groups -OCH3 is 1. The number of H-pyrrole nitrogens is 1. The van der Waals surface area contributed by atoms with Gasteiger partial charge in [0.1, 0.15) is 5.69 Å². The Kier molecular flexibility index (Phi) is 4.99. The SMILES string of the molecule is COC(=O)Nc1nc2ccc(C3(O)c4ccccc4C(=O)N3c3c(Cl)ccc(F)c3F)cc2[nH]1. The molecule has 1 aliphatic rings. The van der Waals surface area contributed by atoms with Gasteiger partial charge in [-0.3, -0.25) is 15.0 Å². The molecule has 172 valence electrons. The number of aliphatic hydroxyl groups is 1. The van der Waals surface area contributed by atoms with Gasteiger partial charge in [-0.05, 0) is 30.3 Å². The van der Waals surface area contributed by atoms with E-state index in [-0.39, 0.29) is 27.7 Å². The summed E-state index contributed by atoms with van der Waals surface area (Å²) < 4.78 is 33.6. The predicted octanol–water partition coefficient (Wildman–Crippen LogP) is 4.53. The number of carbonyl (C=O) groups excluding carboxylic acids is 2. The van der Waals surface area contributed by atoms with Gasteiger partial charge in [0.05, 0.1) is 23.2 Å². The third kappa shape index (κ3) is 3.11. The van der Waals surface area contributed by atoms with Crippen LogP contribution in [0.1, 0.15) is 21.5 Å². The van der Waals surface area contributed by atoms with E-state index in [1.165, 1.54) is 37.4 Å². The van der Waals surface area contributed by atoms with Crippen LogP contribution in [0.15, 0.2) is 54.6 Å². The van der Waals surface area contributed by atoms with Gasteiger partial charge in [-0.1, -0.05) is 35.9 Å². The average Bonchev–Trinajstić information content (AvgIpc) is 3.33. The Morgan fingerprint density at radius 3 is 2.74 bits per heavy atom. The molecule has 0 aliphatic carbocycles. The molecule has 1 unspecified atom stereocenters. The van der Waals surface area contributed by atoms with Crippen LogP contribution < -0.4 is 10.2 Å². The summed E-state index contributed by atoms with van der Waals surface area (Å²) in [6, 6.07) is 12.6. The monoisotopic (exact) mass is 484 g/mol. The minimum Gasteiger partial charge on any atom is -0.453 e. The number of carbonyl (C=O) groups is 2. The standard InChI is InChI=1S/C23H15ClF2N4O4/c1-34-22(32)29-21-27-16-9-6-11(10-17(16)28-21)23(33)13-5-3-2-4-12(13)20(31)30(23)19-14(24)7-8-15(25)18(19)26/h2-10,33H,1H3,(H2,27,28,29,32). The van der Waals surface area contributed by atoms with Crippen LogP contribution in [-0.4, -0.2) is 34.2 Å². The first-order valence-electron chi connectivity index (χ1n) is 9.91. The fourth-order valence-corrected chi connectivity index (χ4v) is 4.29. The summed E-state index contributed by atoms with van der Waals surface area (Å²) >= 11 is 6.19. The zero-order valence-corrected chi connectivity index (χ0v) is 18.2. The minimum absolute atomic E-state index is 0.0879. The lowest BCUT2D eigenvalue weighted by Gasteiger charge is -2.35. The van der Waals surface area contributed by atoms with Gasteiger partial charge in [-0.2, -0.15) is 0 Å². The first kappa shape index (κ1) is 21.8. The number of aromatic amines is 1. The van der Waals surface area contributed by atoms with Gasteiger partial charge >= 0.3 is 6.09 Å². The van der Waals surface area contributed by atoms with E-state index in [2.05, 4.69) is 20.0 Å². The summed E-state index contributed by atoms with van der Waals surface area (Å²) in [6.07, 6.45) is -0.740. The number of nitrogens with zero attached hydrogens (tertiary/aromatic N) is 2. The van der Waals surface area contributed by atoms with Crippen LogP contribution in [0.25, 0.3) is 11.0 Å². The van der Waals surface area contributed by atoms with Gasteiger partial charge in [0, 0.05) is 16.7 Å². The Morgan fingerprint density at radius 2 is 1.97 bits per heavy atom. The Hall–Kier alpha value is -4.02. The molecule has 0 bridgehead atoms. The minimum atomic E-state index is -2.23. The molecular weight excluding hydrogens is 470 g/mol. The summed E-state index contributed by atoms with van der Waals surface area (Å²) in [5, 5.41) is 14.2. The molecule has 34 heavy (non-hydrogen) atoms. The van der Waals surface area contributed by atoms with Gasteiger partial charge in [0.25, 0.3) is 5.91 Å². The second-order valence-electron chi connectivity index (χ2n) is 7.48. The molecule has 0 saturated heterocycles. The van der Waals surface area contributed by atoms with Crippen LogP contribution in [0, 0.1) is 11.6 Å². The van der Waals surface area contributed by atoms with E-state index >= 15 is 0 Å². The Bertz CT molecular complexity index is 1490. The molecular formula is C23H15ClF2N4O4. The second kappa shape index (κ2) is 7.79. The van der Waals surface area contributed by atoms with Crippen molar-refractivity contribution < 1.29 is 28.2 Å². The van der Waals surface area contributed by atoms with Crippen LogP contribution in [0.2, 0.25) is 5.02 Å². The summed E-state index contributed by atoms with van der Waals surface area (Å²) in [5.41, 5.74) is -1.61. The van der Waals surface area contributed by atoms with Crippen molar-refractivity contribution >= 4 is 46.3 Å². The van der Waals surface area contributed by atoms with Crippen LogP contribution in [0.5, 0.6) is 0 Å². The van der Waals surface area contributed by atoms with E-state index in [1.54, 1.807) is 12.1 Å². The number of hydrogen-bond acceptors (Lipinski definition) is 5. The van der Waals surface area contributed by atoms with Crippen LogP contribution >= 0.6 is 11.6 Å². The van der Waals surface area contributed by atoms with Crippen molar-refractivity contribution in [3.8, 4) is 0 Å². The van der Waals surface area contributed by atoms with Gasteiger partial charge in [0.2, 0.25) is 5.95 Å². The molecule has 0 radical (unpaired) electrons. The number of ether oxygens (including phenoxy) is 1. The van der Waals surface area contributed by atoms with Crippen molar-refractivity contribution in [1.29, 1.82) is 0 Å². The number of nitrogens with one attached hydrogen (secondary N) is 2. The largest absolute Gasteiger partial charge is 0.453 e. The lowest BCUT2D eigenvalue weighted by Crippen LogP contribution is -2.45. The summed E-state index contributed by atoms with van der Waals surface area (Å²) in [6.45, 7) is 0. The number of benzene rings is 3. The lowest BCUT2D eigenvalue weighted by atomic mass is 9.93. The molecule has 5 rings (SSSR count). The van der Waals surface area contributed by atoms with Crippen molar-refractivity contribution in [3.05, 3.63) is 87.9 Å². The molecule has 1 aliphatic heterocycles. The quantitative estimate of drug-likeness (QED) is 0.370. The normalized spacial score (nSPS) is 17.2. The number of amides is 2. The lowest BCUT2D eigenvalue weighted by molar-refractivity contribution is 0.0698. The van der Waals surface area contributed by atoms with Crippen molar-refractivity contribution in [1.82, 2.24) is 9.97 Å². The molecule has 2 amide bonds. The third-order valence-electron chi connectivity index (χ3n) is 5.59. The van der Waals surface area contributed by atoms with Crippen molar-refractivity contribution in [2.75, 3.05) is 17.3 Å². The summed E-state index contributed by atoms with van der Waals surface area (Å²) in [4.78, 5) is 32.7. The van der Waals surface area contributed by atoms with E-state index in [9.17, 15) is 23.5 Å². The molecule has 8 nitrogen and oxygen atoms in total.